The molecule has 102 valence electrons. The average Bonchev–Trinajstić information content (AvgIpc) is 2.28. The second-order valence-electron chi connectivity index (χ2n) is 4.01. The molecule has 18 heavy (non-hydrogen) atoms. The summed E-state index contributed by atoms with van der Waals surface area (Å²) in [6.07, 6.45) is -3.92. The highest BCUT2D eigenvalue weighted by Gasteiger charge is 2.31. The Kier molecular flexibility index (Phi) is 5.10. The minimum Gasteiger partial charge on any atom is -0.395 e. The van der Waals surface area contributed by atoms with Gasteiger partial charge in [0.1, 0.15) is 5.82 Å². The normalized spacial score (nSPS) is 13.7. The molecule has 0 unspecified atom stereocenters. The molecule has 0 fully saturated rings. The minimum absolute atomic E-state index is 0.0832. The molecule has 0 aliphatic rings. The van der Waals surface area contributed by atoms with E-state index < -0.39 is 17.6 Å². The Bertz CT molecular complexity index is 388. The summed E-state index contributed by atoms with van der Waals surface area (Å²) >= 11 is 0. The molecule has 1 aromatic carbocycles. The Hall–Kier alpha value is -1.14. The smallest absolute Gasteiger partial charge is 0.395 e. The van der Waals surface area contributed by atoms with Crippen molar-refractivity contribution >= 4 is 0 Å². The van der Waals surface area contributed by atoms with Crippen molar-refractivity contribution in [2.45, 2.75) is 32.1 Å². The lowest BCUT2D eigenvalue weighted by molar-refractivity contribution is -0.137. The van der Waals surface area contributed by atoms with Gasteiger partial charge in [-0.05, 0) is 30.2 Å². The first kappa shape index (κ1) is 14.9. The zero-order valence-electron chi connectivity index (χ0n) is 9.89. The highest BCUT2D eigenvalue weighted by Crippen LogP contribution is 2.30. The van der Waals surface area contributed by atoms with Gasteiger partial charge in [-0.15, -0.1) is 0 Å². The van der Waals surface area contributed by atoms with E-state index in [1.54, 1.807) is 0 Å². The van der Waals surface area contributed by atoms with E-state index >= 15 is 0 Å². The van der Waals surface area contributed by atoms with Gasteiger partial charge >= 0.3 is 6.18 Å². The lowest BCUT2D eigenvalue weighted by Crippen LogP contribution is -2.31. The number of hydrogen-bond donors (Lipinski definition) is 2. The minimum atomic E-state index is -4.56. The van der Waals surface area contributed by atoms with Gasteiger partial charge in [-0.25, -0.2) is 4.39 Å². The van der Waals surface area contributed by atoms with Gasteiger partial charge in [0, 0.05) is 12.6 Å². The van der Waals surface area contributed by atoms with Gasteiger partial charge < -0.3 is 10.4 Å². The van der Waals surface area contributed by atoms with Gasteiger partial charge in [0.05, 0.1) is 12.2 Å². The van der Waals surface area contributed by atoms with Crippen molar-refractivity contribution in [3.8, 4) is 0 Å². The van der Waals surface area contributed by atoms with E-state index in [4.69, 9.17) is 5.11 Å². The van der Waals surface area contributed by atoms with Crippen LogP contribution in [-0.4, -0.2) is 17.8 Å². The van der Waals surface area contributed by atoms with Crippen LogP contribution in [0.3, 0.4) is 0 Å². The summed E-state index contributed by atoms with van der Waals surface area (Å²) in [5, 5.41) is 11.8. The van der Waals surface area contributed by atoms with Gasteiger partial charge in [0.15, 0.2) is 0 Å². The summed E-state index contributed by atoms with van der Waals surface area (Å²) in [6.45, 7) is 1.80. The predicted molar refractivity (Wildman–Crippen MR) is 59.4 cm³/mol. The van der Waals surface area contributed by atoms with Crippen molar-refractivity contribution in [1.82, 2.24) is 5.32 Å². The van der Waals surface area contributed by atoms with Gasteiger partial charge in [-0.3, -0.25) is 0 Å². The number of hydrogen-bond acceptors (Lipinski definition) is 2. The fourth-order valence-electron chi connectivity index (χ4n) is 1.52. The molecule has 0 bridgehead atoms. The Morgan fingerprint density at radius 1 is 1.28 bits per heavy atom. The van der Waals surface area contributed by atoms with Crippen LogP contribution in [0.15, 0.2) is 18.2 Å². The zero-order valence-corrected chi connectivity index (χ0v) is 9.89. The monoisotopic (exact) mass is 265 g/mol. The maximum atomic E-state index is 13.1. The molecule has 0 saturated carbocycles. The lowest BCUT2D eigenvalue weighted by Gasteiger charge is -2.15. The second-order valence-corrected chi connectivity index (χ2v) is 4.01. The highest BCUT2D eigenvalue weighted by molar-refractivity contribution is 5.26. The molecule has 0 aliphatic carbocycles. The summed E-state index contributed by atoms with van der Waals surface area (Å²) in [5.74, 6) is -0.918. The van der Waals surface area contributed by atoms with Crippen LogP contribution in [0.5, 0.6) is 0 Å². The molecule has 0 aromatic heterocycles. The number of alkyl halides is 3. The fraction of sp³-hybridized carbons (Fsp3) is 0.500. The average molecular weight is 265 g/mol. The Morgan fingerprint density at radius 2 is 1.94 bits per heavy atom. The lowest BCUT2D eigenvalue weighted by atomic mass is 10.1. The van der Waals surface area contributed by atoms with Crippen molar-refractivity contribution in [3.63, 3.8) is 0 Å². The topological polar surface area (TPSA) is 32.3 Å². The largest absolute Gasteiger partial charge is 0.416 e. The van der Waals surface area contributed by atoms with Gasteiger partial charge in [-0.1, -0.05) is 6.92 Å². The van der Waals surface area contributed by atoms with Crippen molar-refractivity contribution in [3.05, 3.63) is 35.1 Å². The maximum absolute atomic E-state index is 13.1. The number of nitrogens with one attached hydrogen (secondary N) is 1. The number of aliphatic hydroxyl groups excluding tert-OH is 1. The quantitative estimate of drug-likeness (QED) is 0.802. The summed E-state index contributed by atoms with van der Waals surface area (Å²) in [7, 11) is 0. The number of rotatable bonds is 5. The number of halogens is 4. The molecule has 0 amide bonds. The molecule has 1 atom stereocenters. The summed E-state index contributed by atoms with van der Waals surface area (Å²) in [6, 6.07) is 2.21. The molecule has 2 nitrogen and oxygen atoms in total. The number of aliphatic hydroxyl groups is 1. The third kappa shape index (κ3) is 4.27. The van der Waals surface area contributed by atoms with Crippen LogP contribution < -0.4 is 5.32 Å². The van der Waals surface area contributed by atoms with E-state index in [-0.39, 0.29) is 24.8 Å². The van der Waals surface area contributed by atoms with E-state index in [1.165, 1.54) is 0 Å². The molecule has 0 spiro atoms. The molecular weight excluding hydrogens is 250 g/mol. The molecule has 1 rings (SSSR count). The molecule has 0 aliphatic heterocycles. The van der Waals surface area contributed by atoms with Crippen molar-refractivity contribution in [2.75, 3.05) is 6.61 Å². The van der Waals surface area contributed by atoms with Crippen LogP contribution in [0.2, 0.25) is 0 Å². The van der Waals surface area contributed by atoms with Crippen molar-refractivity contribution in [2.24, 2.45) is 0 Å². The van der Waals surface area contributed by atoms with E-state index in [2.05, 4.69) is 5.32 Å². The van der Waals surface area contributed by atoms with E-state index in [0.717, 1.165) is 12.1 Å². The molecule has 2 N–H and O–H groups in total. The summed E-state index contributed by atoms with van der Waals surface area (Å²) in [5.41, 5.74) is -0.800. The molecular formula is C12H15F4NO. The third-order valence-electron chi connectivity index (χ3n) is 2.59. The van der Waals surface area contributed by atoms with Crippen LogP contribution in [0.1, 0.15) is 24.5 Å². The Labute approximate surface area is 103 Å². The van der Waals surface area contributed by atoms with Crippen LogP contribution in [0, 0.1) is 5.82 Å². The van der Waals surface area contributed by atoms with E-state index in [9.17, 15) is 17.6 Å². The first-order valence-electron chi connectivity index (χ1n) is 5.57. The Morgan fingerprint density at radius 3 is 2.44 bits per heavy atom. The molecule has 0 saturated heterocycles. The first-order valence-corrected chi connectivity index (χ1v) is 5.57. The van der Waals surface area contributed by atoms with Gasteiger partial charge in [0.2, 0.25) is 0 Å². The zero-order chi connectivity index (χ0) is 13.8. The van der Waals surface area contributed by atoms with Crippen molar-refractivity contribution in [1.29, 1.82) is 0 Å². The molecule has 0 radical (unpaired) electrons. The standard InChI is InChI=1S/C12H15F4NO/c1-2-11(7-18)17-6-8-3-9(12(14,15)16)5-10(13)4-8/h3-5,11,17-18H,2,6-7H2,1H3/t11-/m1/s1. The first-order chi connectivity index (χ1) is 8.36. The maximum Gasteiger partial charge on any atom is 0.416 e. The molecule has 0 heterocycles. The highest BCUT2D eigenvalue weighted by atomic mass is 19.4. The van der Waals surface area contributed by atoms with Crippen LogP contribution in [0.25, 0.3) is 0 Å². The van der Waals surface area contributed by atoms with E-state index in [0.29, 0.717) is 12.5 Å². The third-order valence-corrected chi connectivity index (χ3v) is 2.59. The van der Waals surface area contributed by atoms with Gasteiger partial charge in [-0.2, -0.15) is 13.2 Å². The second kappa shape index (κ2) is 6.15. The van der Waals surface area contributed by atoms with Crippen LogP contribution in [0.4, 0.5) is 17.6 Å². The Balaban J connectivity index is 2.81. The van der Waals surface area contributed by atoms with Gasteiger partial charge in [0.25, 0.3) is 0 Å². The molecule has 6 heteroatoms. The summed E-state index contributed by atoms with van der Waals surface area (Å²) in [4.78, 5) is 0. The van der Waals surface area contributed by atoms with Crippen molar-refractivity contribution < 1.29 is 22.7 Å². The fourth-order valence-corrected chi connectivity index (χ4v) is 1.52. The van der Waals surface area contributed by atoms with Crippen LogP contribution in [-0.2, 0) is 12.7 Å². The SMILES string of the molecule is CC[C@H](CO)NCc1cc(F)cc(C(F)(F)F)c1. The summed E-state index contributed by atoms with van der Waals surface area (Å²) < 4.78 is 50.4. The molecule has 1 aromatic rings. The predicted octanol–water partition coefficient (Wildman–Crippen LogP) is 2.71. The van der Waals surface area contributed by atoms with E-state index in [1.807, 2.05) is 6.92 Å². The number of benzene rings is 1. The van der Waals surface area contributed by atoms with Crippen LogP contribution >= 0.6 is 0 Å².